The molecule has 0 aliphatic carbocycles. The minimum Gasteiger partial charge on any atom is -0.445 e. The van der Waals surface area contributed by atoms with Gasteiger partial charge in [-0.1, -0.05) is 35.3 Å². The minimum atomic E-state index is -0.259. The molecular weight excluding hydrogens is 421 g/mol. The lowest BCUT2D eigenvalue weighted by Crippen LogP contribution is -2.33. The van der Waals surface area contributed by atoms with Gasteiger partial charge in [-0.05, 0) is 58.4 Å². The molecule has 7 heteroatoms. The first-order chi connectivity index (χ1) is 14.5. The third-order valence-corrected chi connectivity index (χ3v) is 6.65. The van der Waals surface area contributed by atoms with Gasteiger partial charge in [0.05, 0.1) is 6.54 Å². The maximum Gasteiger partial charge on any atom is 0.410 e. The largest absolute Gasteiger partial charge is 0.445 e. The van der Waals surface area contributed by atoms with Crippen LogP contribution in [0.1, 0.15) is 22.3 Å². The topological polar surface area (TPSA) is 45.1 Å². The first kappa shape index (κ1) is 19.9. The highest BCUT2D eigenvalue weighted by atomic mass is 35.5. The van der Waals surface area contributed by atoms with E-state index in [0.29, 0.717) is 21.9 Å². The van der Waals surface area contributed by atoms with Gasteiger partial charge in [-0.2, -0.15) is 0 Å². The van der Waals surface area contributed by atoms with E-state index < -0.39 is 0 Å². The molecule has 0 bridgehead atoms. The molecule has 2 fully saturated rings. The molecule has 0 N–H and O–H groups in total. The van der Waals surface area contributed by atoms with E-state index in [9.17, 15) is 4.79 Å². The molecule has 3 heterocycles. The molecule has 2 aromatic carbocycles. The third kappa shape index (κ3) is 4.20. The molecule has 5 rings (SSSR count). The second-order valence-electron chi connectivity index (χ2n) is 8.45. The van der Waals surface area contributed by atoms with Gasteiger partial charge in [0.2, 0.25) is 0 Å². The molecule has 3 aliphatic rings. The highest BCUT2D eigenvalue weighted by molar-refractivity contribution is 6.34. The number of hydrogen-bond acceptors (Lipinski definition) is 4. The lowest BCUT2D eigenvalue weighted by Gasteiger charge is -2.21. The van der Waals surface area contributed by atoms with Crippen LogP contribution in [0.2, 0.25) is 10.0 Å². The number of fused-ring (bicyclic) bond motifs is 2. The van der Waals surface area contributed by atoms with E-state index in [4.69, 9.17) is 27.9 Å². The Morgan fingerprint density at radius 1 is 1.00 bits per heavy atom. The zero-order chi connectivity index (χ0) is 20.7. The summed E-state index contributed by atoms with van der Waals surface area (Å²) in [7, 11) is 0. The van der Waals surface area contributed by atoms with Gasteiger partial charge in [0.25, 0.3) is 0 Å². The smallest absolute Gasteiger partial charge is 0.410 e. The number of ether oxygens (including phenoxy) is 1. The number of rotatable bonds is 4. The predicted molar refractivity (Wildman–Crippen MR) is 118 cm³/mol. The molecule has 0 spiro atoms. The van der Waals surface area contributed by atoms with Crippen molar-refractivity contribution >= 4 is 35.5 Å². The Morgan fingerprint density at radius 2 is 1.73 bits per heavy atom. The van der Waals surface area contributed by atoms with Gasteiger partial charge < -0.3 is 9.64 Å². The molecule has 0 saturated carbocycles. The third-order valence-electron chi connectivity index (χ3n) is 6.21. The monoisotopic (exact) mass is 443 g/mol. The number of halogens is 2. The zero-order valence-corrected chi connectivity index (χ0v) is 18.1. The summed E-state index contributed by atoms with van der Waals surface area (Å²) in [4.78, 5) is 21.2. The number of carbonyl (C=O) groups excluding carboxylic acids is 1. The fourth-order valence-electron chi connectivity index (χ4n) is 4.81. The molecule has 0 aromatic heterocycles. The highest BCUT2D eigenvalue weighted by Gasteiger charge is 2.42. The van der Waals surface area contributed by atoms with Crippen LogP contribution in [0.15, 0.2) is 41.4 Å². The van der Waals surface area contributed by atoms with Crippen LogP contribution < -0.4 is 0 Å². The number of aliphatic imine (C=N–C) groups is 1. The molecule has 5 nitrogen and oxygen atoms in total. The summed E-state index contributed by atoms with van der Waals surface area (Å²) < 4.78 is 5.50. The summed E-state index contributed by atoms with van der Waals surface area (Å²) >= 11 is 12.0. The van der Waals surface area contributed by atoms with E-state index in [1.54, 1.807) is 18.2 Å². The number of carbonyl (C=O) groups is 1. The molecule has 156 valence electrons. The van der Waals surface area contributed by atoms with E-state index >= 15 is 0 Å². The van der Waals surface area contributed by atoms with Gasteiger partial charge in [0.1, 0.15) is 6.61 Å². The average molecular weight is 444 g/mol. The van der Waals surface area contributed by atoms with Crippen molar-refractivity contribution in [1.82, 2.24) is 9.80 Å². The number of nitrogens with zero attached hydrogens (tertiary/aromatic N) is 3. The normalized spacial score (nSPS) is 22.4. The Hall–Kier alpha value is -2.08. The Morgan fingerprint density at radius 3 is 2.47 bits per heavy atom. The zero-order valence-electron chi connectivity index (χ0n) is 16.6. The fourth-order valence-corrected chi connectivity index (χ4v) is 5.38. The van der Waals surface area contributed by atoms with Crippen molar-refractivity contribution in [3.05, 3.63) is 68.7 Å². The molecule has 2 atom stereocenters. The average Bonchev–Trinajstić information content (AvgIpc) is 3.39. The van der Waals surface area contributed by atoms with E-state index in [1.165, 1.54) is 16.7 Å². The molecule has 1 amide bonds. The summed E-state index contributed by atoms with van der Waals surface area (Å²) in [5.41, 5.74) is 4.69. The maximum absolute atomic E-state index is 12.5. The van der Waals surface area contributed by atoms with Crippen LogP contribution in [0.5, 0.6) is 0 Å². The fraction of sp³-hybridized carbons (Fsp3) is 0.391. The Balaban J connectivity index is 1.12. The quantitative estimate of drug-likeness (QED) is 0.691. The molecule has 2 saturated heterocycles. The van der Waals surface area contributed by atoms with Gasteiger partial charge in [-0.3, -0.25) is 9.89 Å². The SMILES string of the molecule is O=C(OCc1cc(Cl)cc(Cl)c1)N1C[C@H]2CN(Cc3ccc4c(c3)C=NC4)C[C@H]2C1. The Bertz CT molecular complexity index is 976. The second kappa shape index (κ2) is 8.22. The number of amides is 1. The van der Waals surface area contributed by atoms with E-state index in [1.807, 2.05) is 11.1 Å². The van der Waals surface area contributed by atoms with Crippen LogP contribution in [0, 0.1) is 11.8 Å². The predicted octanol–water partition coefficient (Wildman–Crippen LogP) is 4.63. The van der Waals surface area contributed by atoms with E-state index in [-0.39, 0.29) is 12.7 Å². The molecule has 2 aromatic rings. The lowest BCUT2D eigenvalue weighted by molar-refractivity contribution is 0.0997. The van der Waals surface area contributed by atoms with Gasteiger partial charge in [0, 0.05) is 49.0 Å². The van der Waals surface area contributed by atoms with Crippen molar-refractivity contribution in [2.45, 2.75) is 19.7 Å². The van der Waals surface area contributed by atoms with Crippen molar-refractivity contribution in [2.75, 3.05) is 26.2 Å². The maximum atomic E-state index is 12.5. The second-order valence-corrected chi connectivity index (χ2v) is 9.33. The highest BCUT2D eigenvalue weighted by Crippen LogP contribution is 2.32. The summed E-state index contributed by atoms with van der Waals surface area (Å²) in [6, 6.07) is 11.9. The van der Waals surface area contributed by atoms with E-state index in [0.717, 1.165) is 44.8 Å². The van der Waals surface area contributed by atoms with Gasteiger partial charge >= 0.3 is 6.09 Å². The van der Waals surface area contributed by atoms with Crippen LogP contribution in [-0.2, 0) is 24.4 Å². The molecule has 3 aliphatic heterocycles. The Kier molecular flexibility index (Phi) is 5.44. The summed E-state index contributed by atoms with van der Waals surface area (Å²) in [5.74, 6) is 1.02. The number of benzene rings is 2. The summed E-state index contributed by atoms with van der Waals surface area (Å²) in [5, 5.41) is 1.08. The summed E-state index contributed by atoms with van der Waals surface area (Å²) in [6.07, 6.45) is 1.71. The summed E-state index contributed by atoms with van der Waals surface area (Å²) in [6.45, 7) is 5.49. The van der Waals surface area contributed by atoms with Gasteiger partial charge in [0.15, 0.2) is 0 Å². The van der Waals surface area contributed by atoms with Crippen LogP contribution >= 0.6 is 23.2 Å². The van der Waals surface area contributed by atoms with Crippen molar-refractivity contribution in [3.8, 4) is 0 Å². The van der Waals surface area contributed by atoms with Crippen LogP contribution in [0.4, 0.5) is 4.79 Å². The molecule has 0 radical (unpaired) electrons. The van der Waals surface area contributed by atoms with Crippen molar-refractivity contribution in [2.24, 2.45) is 16.8 Å². The molecular formula is C23H23Cl2N3O2. The van der Waals surface area contributed by atoms with Crippen molar-refractivity contribution in [1.29, 1.82) is 0 Å². The minimum absolute atomic E-state index is 0.179. The van der Waals surface area contributed by atoms with Gasteiger partial charge in [-0.25, -0.2) is 4.79 Å². The van der Waals surface area contributed by atoms with Crippen LogP contribution in [0.25, 0.3) is 0 Å². The van der Waals surface area contributed by atoms with E-state index in [2.05, 4.69) is 28.1 Å². The van der Waals surface area contributed by atoms with Crippen molar-refractivity contribution < 1.29 is 9.53 Å². The lowest BCUT2D eigenvalue weighted by atomic mass is 10.0. The molecule has 30 heavy (non-hydrogen) atoms. The first-order valence-electron chi connectivity index (χ1n) is 10.2. The van der Waals surface area contributed by atoms with Crippen molar-refractivity contribution in [3.63, 3.8) is 0 Å². The number of likely N-dealkylation sites (tertiary alicyclic amines) is 2. The number of hydrogen-bond donors (Lipinski definition) is 0. The molecule has 0 unspecified atom stereocenters. The standard InChI is InChI=1S/C23H23Cl2N3O2/c24-21-4-16(5-22(25)6-21)14-30-23(29)28-12-19-10-27(11-20(19)13-28)9-15-1-2-17-7-26-8-18(17)3-15/h1-6,8,19-20H,7,9-14H2/t19-,20+. The Labute approximate surface area is 186 Å². The van der Waals surface area contributed by atoms with Crippen LogP contribution in [-0.4, -0.2) is 48.3 Å². The van der Waals surface area contributed by atoms with Crippen LogP contribution in [0.3, 0.4) is 0 Å². The first-order valence-corrected chi connectivity index (χ1v) is 11.0. The van der Waals surface area contributed by atoms with Gasteiger partial charge in [-0.15, -0.1) is 0 Å².